The first-order valence-electron chi connectivity index (χ1n) is 10.6. The number of anilines is 1. The maximum absolute atomic E-state index is 13.9. The van der Waals surface area contributed by atoms with Gasteiger partial charge in [0.1, 0.15) is 36.0 Å². The van der Waals surface area contributed by atoms with Crippen LogP contribution in [-0.2, 0) is 16.1 Å². The average Bonchev–Trinajstić information content (AvgIpc) is 2.84. The molecule has 176 valence electrons. The lowest BCUT2D eigenvalue weighted by Crippen LogP contribution is -2.77. The largest absolute Gasteiger partial charge is 0.367 e. The molecule has 3 aromatic rings. The zero-order chi connectivity index (χ0) is 24.1. The van der Waals surface area contributed by atoms with Gasteiger partial charge >= 0.3 is 0 Å². The van der Waals surface area contributed by atoms with E-state index in [0.717, 1.165) is 6.21 Å². The number of hydrogen-bond donors (Lipinski definition) is 4. The number of nitrogens with one attached hydrogen (secondary N) is 3. The van der Waals surface area contributed by atoms with Crippen molar-refractivity contribution in [3.63, 3.8) is 0 Å². The van der Waals surface area contributed by atoms with Gasteiger partial charge in [-0.15, -0.1) is 0 Å². The Hall–Kier alpha value is -3.60. The van der Waals surface area contributed by atoms with E-state index >= 15 is 0 Å². The van der Waals surface area contributed by atoms with Gasteiger partial charge in [-0.05, 0) is 6.07 Å². The van der Waals surface area contributed by atoms with Crippen LogP contribution in [0.3, 0.4) is 0 Å². The van der Waals surface area contributed by atoms with E-state index in [1.54, 1.807) is 41.8 Å². The summed E-state index contributed by atoms with van der Waals surface area (Å²) in [5.41, 5.74) is 1.14. The van der Waals surface area contributed by atoms with Crippen molar-refractivity contribution in [2.75, 3.05) is 25.0 Å². The maximum atomic E-state index is 13.9. The van der Waals surface area contributed by atoms with Crippen molar-refractivity contribution < 1.29 is 19.2 Å². The number of ether oxygens (including phenoxy) is 1. The van der Waals surface area contributed by atoms with Crippen LogP contribution in [0.25, 0.3) is 5.69 Å². The fourth-order valence-electron chi connectivity index (χ4n) is 3.55. The van der Waals surface area contributed by atoms with Crippen molar-refractivity contribution in [2.45, 2.75) is 12.6 Å². The van der Waals surface area contributed by atoms with Crippen LogP contribution in [0, 0.1) is 11.2 Å². The first-order valence-corrected chi connectivity index (χ1v) is 10.9. The van der Waals surface area contributed by atoms with Gasteiger partial charge in [-0.2, -0.15) is 0 Å². The van der Waals surface area contributed by atoms with Gasteiger partial charge in [0, 0.05) is 43.2 Å². The summed E-state index contributed by atoms with van der Waals surface area (Å²) in [6, 6.07) is 9.73. The Bertz CT molecular complexity index is 1270. The van der Waals surface area contributed by atoms with Gasteiger partial charge in [-0.3, -0.25) is 14.2 Å². The number of carbonyl (C=O) groups excluding carboxylic acids is 1. The zero-order valence-electron chi connectivity index (χ0n) is 18.1. The van der Waals surface area contributed by atoms with E-state index in [0.29, 0.717) is 35.8 Å². The van der Waals surface area contributed by atoms with Crippen molar-refractivity contribution >= 4 is 35.2 Å². The van der Waals surface area contributed by atoms with Crippen molar-refractivity contribution in [3.05, 3.63) is 81.1 Å². The molecule has 0 bridgehead atoms. The van der Waals surface area contributed by atoms with Gasteiger partial charge in [-0.1, -0.05) is 29.8 Å². The fraction of sp³-hybridized carbons (Fsp3) is 0.217. The number of pyridine rings is 2. The number of carbonyl (C=O) groups is 1. The summed E-state index contributed by atoms with van der Waals surface area (Å²) >= 11 is 6.33. The fourth-order valence-corrected chi connectivity index (χ4v) is 3.75. The van der Waals surface area contributed by atoms with E-state index in [4.69, 9.17) is 21.7 Å². The number of amides is 1. The van der Waals surface area contributed by atoms with Crippen LogP contribution in [0.5, 0.6) is 0 Å². The minimum Gasteiger partial charge on any atom is -0.367 e. The number of quaternary nitrogens is 1. The summed E-state index contributed by atoms with van der Waals surface area (Å²) in [4.78, 5) is 28.6. The molecule has 1 fully saturated rings. The molecule has 0 radical (unpaired) electrons. The normalized spacial score (nSPS) is 15.6. The third-order valence-corrected chi connectivity index (χ3v) is 5.68. The van der Waals surface area contributed by atoms with E-state index in [2.05, 4.69) is 15.6 Å². The second kappa shape index (κ2) is 10.6. The molecule has 1 saturated heterocycles. The minimum atomic E-state index is -0.436. The molecular weight excluding hydrogens is 463 g/mol. The van der Waals surface area contributed by atoms with Gasteiger partial charge in [0.2, 0.25) is 5.91 Å². The van der Waals surface area contributed by atoms with Crippen molar-refractivity contribution in [2.24, 2.45) is 0 Å². The van der Waals surface area contributed by atoms with Crippen LogP contribution in [0.2, 0.25) is 5.02 Å². The highest BCUT2D eigenvalue weighted by atomic mass is 35.5. The molecule has 0 saturated carbocycles. The lowest BCUT2D eigenvalue weighted by molar-refractivity contribution is -0.589. The third-order valence-electron chi connectivity index (χ3n) is 5.39. The smallest absolute Gasteiger partial charge is 0.270 e. The Morgan fingerprint density at radius 2 is 2.18 bits per heavy atom. The number of hydrogen-bond acceptors (Lipinski definition) is 6. The van der Waals surface area contributed by atoms with Crippen LogP contribution in [-0.4, -0.2) is 47.5 Å². The number of halogens is 2. The zero-order valence-corrected chi connectivity index (χ0v) is 18.8. The van der Waals surface area contributed by atoms with E-state index in [1.807, 2.05) is 0 Å². The number of morpholine rings is 1. The molecular formula is C23H23ClFN6O3+. The molecule has 1 amide bonds. The van der Waals surface area contributed by atoms with E-state index < -0.39 is 5.56 Å². The molecule has 0 spiro atoms. The molecule has 1 atom stereocenters. The number of nitrogens with two attached hydrogens (primary N) is 1. The lowest BCUT2D eigenvalue weighted by atomic mass is 10.2. The first kappa shape index (κ1) is 23.6. The summed E-state index contributed by atoms with van der Waals surface area (Å²) in [5.74, 6) is -0.00868. The van der Waals surface area contributed by atoms with Crippen LogP contribution in [0.4, 0.5) is 15.9 Å². The molecule has 34 heavy (non-hydrogen) atoms. The third kappa shape index (κ3) is 5.30. The van der Waals surface area contributed by atoms with Crippen LogP contribution in [0.1, 0.15) is 11.1 Å². The average molecular weight is 486 g/mol. The topological polar surface area (TPSA) is 126 Å². The molecule has 0 aliphatic carbocycles. The predicted molar refractivity (Wildman–Crippen MR) is 126 cm³/mol. The van der Waals surface area contributed by atoms with Crippen molar-refractivity contribution in [1.29, 1.82) is 5.41 Å². The Labute approximate surface area is 199 Å². The molecule has 5 N–H and O–H groups in total. The second-order valence-corrected chi connectivity index (χ2v) is 8.05. The summed E-state index contributed by atoms with van der Waals surface area (Å²) < 4.78 is 20.7. The molecule has 1 aliphatic heterocycles. The van der Waals surface area contributed by atoms with E-state index in [9.17, 15) is 14.0 Å². The number of benzene rings is 1. The van der Waals surface area contributed by atoms with Gasteiger partial charge in [0.15, 0.2) is 0 Å². The highest BCUT2D eigenvalue weighted by molar-refractivity contribution is 6.32. The highest BCUT2D eigenvalue weighted by Crippen LogP contribution is 2.22. The van der Waals surface area contributed by atoms with Crippen LogP contribution in [0.15, 0.2) is 53.6 Å². The van der Waals surface area contributed by atoms with E-state index in [1.165, 1.54) is 16.8 Å². The molecule has 0 unspecified atom stereocenters. The lowest BCUT2D eigenvalue weighted by Gasteiger charge is -2.23. The summed E-state index contributed by atoms with van der Waals surface area (Å²) in [7, 11) is 0. The molecule has 9 nitrogen and oxygen atoms in total. The Balaban J connectivity index is 1.54. The summed E-state index contributed by atoms with van der Waals surface area (Å²) in [6.07, 6.45) is 3.76. The summed E-state index contributed by atoms with van der Waals surface area (Å²) in [5, 5.41) is 15.6. The van der Waals surface area contributed by atoms with Gasteiger partial charge in [0.05, 0.1) is 23.0 Å². The standard InChI is InChI=1S/C23H22ClFN6O3/c24-17-12-29-21(28-10-15-11-30-22(32)13-34-15)7-20(17)31-6-5-19(16(8-26)23(31)33)27-9-14-3-1-2-4-18(14)25/h1-8,12,15,26-27H,9-11,13H2,(H,28,29)(H,30,32)/p+1/t15-/m1/s1. The Kier molecular flexibility index (Phi) is 7.31. The Morgan fingerprint density at radius 1 is 1.35 bits per heavy atom. The van der Waals surface area contributed by atoms with Gasteiger partial charge in [-0.25, -0.2) is 9.37 Å². The molecule has 1 aliphatic rings. The molecule has 1 aromatic carbocycles. The predicted octanol–water partition coefficient (Wildman–Crippen LogP) is 1.34. The Morgan fingerprint density at radius 3 is 2.91 bits per heavy atom. The first-order chi connectivity index (χ1) is 16.5. The SMILES string of the molecule is N=Cc1c([NH2+]Cc2ccccc2F)ccn(-c2cc(NC[C@@H]3CNC(=O)CO3)ncc2Cl)c1=O. The van der Waals surface area contributed by atoms with Crippen molar-refractivity contribution in [3.8, 4) is 5.69 Å². The molecule has 4 rings (SSSR count). The van der Waals surface area contributed by atoms with Gasteiger partial charge in [0.25, 0.3) is 5.56 Å². The van der Waals surface area contributed by atoms with Crippen LogP contribution < -0.4 is 21.5 Å². The van der Waals surface area contributed by atoms with E-state index in [-0.39, 0.29) is 41.6 Å². The maximum Gasteiger partial charge on any atom is 0.270 e. The van der Waals surface area contributed by atoms with Crippen molar-refractivity contribution in [1.82, 2.24) is 14.9 Å². The quantitative estimate of drug-likeness (QED) is 0.358. The highest BCUT2D eigenvalue weighted by Gasteiger charge is 2.19. The number of nitrogens with zero attached hydrogens (tertiary/aromatic N) is 2. The van der Waals surface area contributed by atoms with Gasteiger partial charge < -0.3 is 26.1 Å². The number of rotatable bonds is 8. The number of aromatic nitrogens is 2. The molecule has 11 heteroatoms. The molecule has 3 heterocycles. The monoisotopic (exact) mass is 485 g/mol. The second-order valence-electron chi connectivity index (χ2n) is 7.64. The van der Waals surface area contributed by atoms with Crippen LogP contribution >= 0.6 is 11.6 Å². The summed E-state index contributed by atoms with van der Waals surface area (Å²) in [6.45, 7) is 1.08. The molecule has 2 aromatic heterocycles. The minimum absolute atomic E-state index is 0.00766.